The summed E-state index contributed by atoms with van der Waals surface area (Å²) < 4.78 is 5.40. The van der Waals surface area contributed by atoms with Crippen LogP contribution < -0.4 is 10.6 Å². The van der Waals surface area contributed by atoms with E-state index in [1.807, 2.05) is 30.0 Å². The van der Waals surface area contributed by atoms with E-state index < -0.39 is 0 Å². The molecule has 25 heavy (non-hydrogen) atoms. The number of rotatable bonds is 6. The van der Waals surface area contributed by atoms with Crippen LogP contribution in [0.3, 0.4) is 0 Å². The molecule has 1 fully saturated rings. The Morgan fingerprint density at radius 1 is 1.28 bits per heavy atom. The lowest BCUT2D eigenvalue weighted by molar-refractivity contribution is 0.510. The molecule has 3 rings (SSSR count). The average Bonchev–Trinajstić information content (AvgIpc) is 3.16. The molecule has 2 aromatic rings. The summed E-state index contributed by atoms with van der Waals surface area (Å²) in [7, 11) is 0. The first-order valence-corrected chi connectivity index (χ1v) is 10.2. The summed E-state index contributed by atoms with van der Waals surface area (Å²) in [6.07, 6.45) is 5.02. The number of guanidine groups is 1. The van der Waals surface area contributed by atoms with Gasteiger partial charge in [-0.25, -0.2) is 0 Å². The fourth-order valence-electron chi connectivity index (χ4n) is 2.94. The molecule has 1 aliphatic heterocycles. The van der Waals surface area contributed by atoms with E-state index in [0.29, 0.717) is 12.6 Å². The summed E-state index contributed by atoms with van der Waals surface area (Å²) in [6.45, 7) is 2.89. The highest BCUT2D eigenvalue weighted by Crippen LogP contribution is 2.17. The van der Waals surface area contributed by atoms with Crippen LogP contribution in [0.25, 0.3) is 0 Å². The zero-order chi connectivity index (χ0) is 17.3. The maximum atomic E-state index is 5.40. The smallest absolute Gasteiger partial charge is 0.191 e. The minimum atomic E-state index is 0.215. The molecule has 1 aromatic heterocycles. The third-order valence-electron chi connectivity index (χ3n) is 4.36. The molecule has 1 aliphatic rings. The Bertz CT molecular complexity index is 636. The zero-order valence-corrected chi connectivity index (χ0v) is 15.6. The molecule has 0 bridgehead atoms. The molecular weight excluding hydrogens is 330 g/mol. The summed E-state index contributed by atoms with van der Waals surface area (Å²) in [4.78, 5) is 4.78. The van der Waals surface area contributed by atoms with Crippen LogP contribution in [0.2, 0.25) is 0 Å². The van der Waals surface area contributed by atoms with Gasteiger partial charge >= 0.3 is 0 Å². The second kappa shape index (κ2) is 9.56. The quantitative estimate of drug-likeness (QED) is 0.606. The van der Waals surface area contributed by atoms with Crippen molar-refractivity contribution >= 4 is 17.7 Å². The Hall–Kier alpha value is -1.88. The fraction of sp³-hybridized carbons (Fsp3) is 0.450. The van der Waals surface area contributed by atoms with Gasteiger partial charge in [0.2, 0.25) is 0 Å². The van der Waals surface area contributed by atoms with Gasteiger partial charge in [0.25, 0.3) is 0 Å². The molecule has 1 saturated heterocycles. The van der Waals surface area contributed by atoms with Gasteiger partial charge in [-0.3, -0.25) is 4.99 Å². The Morgan fingerprint density at radius 3 is 2.88 bits per heavy atom. The van der Waals surface area contributed by atoms with Gasteiger partial charge in [0.15, 0.2) is 5.96 Å². The van der Waals surface area contributed by atoms with Crippen LogP contribution in [-0.2, 0) is 6.42 Å². The highest BCUT2D eigenvalue weighted by molar-refractivity contribution is 7.99. The Labute approximate surface area is 154 Å². The maximum Gasteiger partial charge on any atom is 0.191 e. The van der Waals surface area contributed by atoms with Gasteiger partial charge in [-0.2, -0.15) is 11.8 Å². The molecule has 0 spiro atoms. The second-order valence-corrected chi connectivity index (χ2v) is 7.54. The molecule has 2 N–H and O–H groups in total. The molecule has 2 atom stereocenters. The molecule has 2 unspecified atom stereocenters. The number of nitrogens with one attached hydrogen (secondary N) is 2. The molecule has 0 amide bonds. The summed E-state index contributed by atoms with van der Waals surface area (Å²) in [6, 6.07) is 15.1. The number of benzene rings is 1. The third kappa shape index (κ3) is 5.85. The molecule has 0 saturated carbocycles. The largest absolute Gasteiger partial charge is 0.469 e. The van der Waals surface area contributed by atoms with Crippen LogP contribution in [0, 0.1) is 0 Å². The maximum absolute atomic E-state index is 5.40. The molecule has 2 heterocycles. The van der Waals surface area contributed by atoms with Gasteiger partial charge in [0.1, 0.15) is 5.76 Å². The van der Waals surface area contributed by atoms with Gasteiger partial charge in [-0.15, -0.1) is 0 Å². The normalized spacial score (nSPS) is 19.4. The van der Waals surface area contributed by atoms with Gasteiger partial charge < -0.3 is 15.1 Å². The first-order valence-electron chi connectivity index (χ1n) is 9.04. The first kappa shape index (κ1) is 17.9. The number of aliphatic imine (C=N–C) groups is 1. The van der Waals surface area contributed by atoms with Crippen molar-refractivity contribution in [2.75, 3.05) is 18.1 Å². The van der Waals surface area contributed by atoms with E-state index in [4.69, 9.17) is 9.41 Å². The van der Waals surface area contributed by atoms with Crippen LogP contribution in [-0.4, -0.2) is 30.1 Å². The van der Waals surface area contributed by atoms with Crippen LogP contribution in [0.15, 0.2) is 58.1 Å². The van der Waals surface area contributed by atoms with E-state index in [1.54, 1.807) is 6.26 Å². The molecule has 0 aliphatic carbocycles. The van der Waals surface area contributed by atoms with Crippen molar-refractivity contribution in [2.24, 2.45) is 4.99 Å². The molecule has 134 valence electrons. The standard InChI is InChI=1S/C20H27N3OS/c1-16(17-7-3-2-4-8-17)22-20(23-18-9-6-14-25-15-18)21-12-11-19-10-5-13-24-19/h2-5,7-8,10,13,16,18H,6,9,11-12,14-15H2,1H3,(H2,21,22,23). The lowest BCUT2D eigenvalue weighted by atomic mass is 10.1. The minimum Gasteiger partial charge on any atom is -0.469 e. The Balaban J connectivity index is 1.62. The first-order chi connectivity index (χ1) is 12.3. The fourth-order valence-corrected chi connectivity index (χ4v) is 4.02. The monoisotopic (exact) mass is 357 g/mol. The van der Waals surface area contributed by atoms with Crippen LogP contribution >= 0.6 is 11.8 Å². The number of thioether (sulfide) groups is 1. The van der Waals surface area contributed by atoms with E-state index in [9.17, 15) is 0 Å². The number of furan rings is 1. The van der Waals surface area contributed by atoms with E-state index >= 15 is 0 Å². The zero-order valence-electron chi connectivity index (χ0n) is 14.8. The van der Waals surface area contributed by atoms with Crippen molar-refractivity contribution in [1.29, 1.82) is 0 Å². The summed E-state index contributed by atoms with van der Waals surface area (Å²) in [5.74, 6) is 4.30. The number of nitrogens with zero attached hydrogens (tertiary/aromatic N) is 1. The van der Waals surface area contributed by atoms with Crippen molar-refractivity contribution in [3.05, 3.63) is 60.1 Å². The highest BCUT2D eigenvalue weighted by atomic mass is 32.2. The van der Waals surface area contributed by atoms with Crippen molar-refractivity contribution in [3.63, 3.8) is 0 Å². The van der Waals surface area contributed by atoms with Gasteiger partial charge in [-0.05, 0) is 43.2 Å². The Morgan fingerprint density at radius 2 is 2.16 bits per heavy atom. The topological polar surface area (TPSA) is 49.6 Å². The van der Waals surface area contributed by atoms with Crippen molar-refractivity contribution in [2.45, 2.75) is 38.3 Å². The van der Waals surface area contributed by atoms with Crippen molar-refractivity contribution < 1.29 is 4.42 Å². The van der Waals surface area contributed by atoms with E-state index in [-0.39, 0.29) is 6.04 Å². The molecule has 5 heteroatoms. The molecule has 4 nitrogen and oxygen atoms in total. The lowest BCUT2D eigenvalue weighted by Gasteiger charge is -2.26. The van der Waals surface area contributed by atoms with Crippen LogP contribution in [0.4, 0.5) is 0 Å². The highest BCUT2D eigenvalue weighted by Gasteiger charge is 2.16. The molecule has 0 radical (unpaired) electrons. The van der Waals surface area contributed by atoms with Gasteiger partial charge in [0, 0.05) is 24.8 Å². The molecular formula is C20H27N3OS. The number of hydrogen-bond donors (Lipinski definition) is 2. The van der Waals surface area contributed by atoms with Crippen LogP contribution in [0.5, 0.6) is 0 Å². The van der Waals surface area contributed by atoms with Crippen molar-refractivity contribution in [1.82, 2.24) is 10.6 Å². The average molecular weight is 358 g/mol. The van der Waals surface area contributed by atoms with E-state index in [2.05, 4.69) is 41.8 Å². The van der Waals surface area contributed by atoms with E-state index in [0.717, 1.165) is 23.9 Å². The van der Waals surface area contributed by atoms with Crippen molar-refractivity contribution in [3.8, 4) is 0 Å². The Kier molecular flexibility index (Phi) is 6.86. The van der Waals surface area contributed by atoms with Gasteiger partial charge in [0.05, 0.1) is 12.3 Å². The van der Waals surface area contributed by atoms with E-state index in [1.165, 1.54) is 24.2 Å². The SMILES string of the molecule is CC(NC(=NCCc1ccco1)NC1CCCSC1)c1ccccc1. The predicted octanol–water partition coefficient (Wildman–Crippen LogP) is 4.01. The predicted molar refractivity (Wildman–Crippen MR) is 106 cm³/mol. The van der Waals surface area contributed by atoms with Gasteiger partial charge in [-0.1, -0.05) is 30.3 Å². The third-order valence-corrected chi connectivity index (χ3v) is 5.58. The van der Waals surface area contributed by atoms with Crippen LogP contribution in [0.1, 0.15) is 37.1 Å². The summed E-state index contributed by atoms with van der Waals surface area (Å²) in [5.41, 5.74) is 1.26. The number of hydrogen-bond acceptors (Lipinski definition) is 3. The molecule has 1 aromatic carbocycles. The lowest BCUT2D eigenvalue weighted by Crippen LogP contribution is -2.46. The second-order valence-electron chi connectivity index (χ2n) is 6.39. The minimum absolute atomic E-state index is 0.215. The summed E-state index contributed by atoms with van der Waals surface area (Å²) in [5, 5.41) is 7.18. The summed E-state index contributed by atoms with van der Waals surface area (Å²) >= 11 is 2.02.